The average molecular weight is 398 g/mol. The molecule has 0 fully saturated rings. The van der Waals surface area contributed by atoms with Crippen LogP contribution in [0.1, 0.15) is 24.7 Å². The highest BCUT2D eigenvalue weighted by Gasteiger charge is 2.17. The highest BCUT2D eigenvalue weighted by Crippen LogP contribution is 2.26. The Morgan fingerprint density at radius 1 is 1.07 bits per heavy atom. The summed E-state index contributed by atoms with van der Waals surface area (Å²) in [6.45, 7) is 1.78. The van der Waals surface area contributed by atoms with Gasteiger partial charge in [0.25, 0.3) is 11.1 Å². The molecule has 0 bridgehead atoms. The predicted molar refractivity (Wildman–Crippen MR) is 98.5 cm³/mol. The molecular formula is C18H15FN6O2S. The lowest BCUT2D eigenvalue weighted by Gasteiger charge is -2.10. The van der Waals surface area contributed by atoms with Crippen LogP contribution in [0.15, 0.2) is 64.2 Å². The Bertz CT molecular complexity index is 1040. The van der Waals surface area contributed by atoms with E-state index in [0.29, 0.717) is 28.4 Å². The highest BCUT2D eigenvalue weighted by molar-refractivity contribution is 7.98. The minimum atomic E-state index is -0.470. The van der Waals surface area contributed by atoms with Gasteiger partial charge in [-0.25, -0.2) is 4.39 Å². The molecule has 28 heavy (non-hydrogen) atoms. The van der Waals surface area contributed by atoms with E-state index < -0.39 is 6.10 Å². The molecule has 0 aliphatic carbocycles. The molecule has 1 atom stereocenters. The molecule has 4 rings (SSSR count). The van der Waals surface area contributed by atoms with Gasteiger partial charge in [0.15, 0.2) is 11.9 Å². The van der Waals surface area contributed by atoms with E-state index in [0.717, 1.165) is 5.69 Å². The van der Waals surface area contributed by atoms with Crippen LogP contribution in [0, 0.1) is 5.82 Å². The van der Waals surface area contributed by atoms with Crippen LogP contribution in [0.4, 0.5) is 4.39 Å². The number of hydrogen-bond acceptors (Lipinski definition) is 8. The molecule has 0 spiro atoms. The fourth-order valence-corrected chi connectivity index (χ4v) is 3.08. The third-order valence-electron chi connectivity index (χ3n) is 3.76. The zero-order chi connectivity index (χ0) is 19.3. The number of para-hydroxylation sites is 1. The molecule has 142 valence electrons. The Labute approximate surface area is 163 Å². The Hall–Kier alpha value is -3.27. The molecule has 0 saturated carbocycles. The molecule has 0 N–H and O–H groups in total. The van der Waals surface area contributed by atoms with Crippen LogP contribution in [-0.4, -0.2) is 30.4 Å². The van der Waals surface area contributed by atoms with Crippen molar-refractivity contribution in [3.05, 3.63) is 72.1 Å². The summed E-state index contributed by atoms with van der Waals surface area (Å²) in [5.41, 5.74) is 0.871. The first kappa shape index (κ1) is 18.1. The van der Waals surface area contributed by atoms with Crippen molar-refractivity contribution in [2.45, 2.75) is 24.0 Å². The monoisotopic (exact) mass is 398 g/mol. The number of tetrazole rings is 1. The van der Waals surface area contributed by atoms with E-state index in [1.807, 2.05) is 30.3 Å². The smallest absolute Gasteiger partial charge is 0.277 e. The second kappa shape index (κ2) is 8.17. The van der Waals surface area contributed by atoms with Crippen LogP contribution >= 0.6 is 11.8 Å². The van der Waals surface area contributed by atoms with E-state index in [4.69, 9.17) is 9.15 Å². The Morgan fingerprint density at radius 2 is 1.86 bits per heavy atom. The Morgan fingerprint density at radius 3 is 2.64 bits per heavy atom. The second-order valence-electron chi connectivity index (χ2n) is 5.75. The van der Waals surface area contributed by atoms with Crippen molar-refractivity contribution in [3.8, 4) is 11.4 Å². The van der Waals surface area contributed by atoms with Gasteiger partial charge in [-0.05, 0) is 53.7 Å². The number of aromatic nitrogens is 6. The summed E-state index contributed by atoms with van der Waals surface area (Å²) in [5, 5.41) is 20.2. The van der Waals surface area contributed by atoms with Gasteiger partial charge in [-0.1, -0.05) is 30.0 Å². The van der Waals surface area contributed by atoms with Crippen molar-refractivity contribution in [1.82, 2.24) is 30.4 Å². The third-order valence-corrected chi connectivity index (χ3v) is 4.57. The average Bonchev–Trinajstić information content (AvgIpc) is 3.38. The first-order chi connectivity index (χ1) is 13.7. The molecule has 10 heteroatoms. The van der Waals surface area contributed by atoms with Crippen molar-refractivity contribution < 1.29 is 13.5 Å². The fraction of sp³-hybridized carbons (Fsp3) is 0.167. The van der Waals surface area contributed by atoms with Gasteiger partial charge in [0.1, 0.15) is 11.6 Å². The van der Waals surface area contributed by atoms with Crippen molar-refractivity contribution in [2.75, 3.05) is 0 Å². The summed E-state index contributed by atoms with van der Waals surface area (Å²) in [6.07, 6.45) is -0.470. The van der Waals surface area contributed by atoms with E-state index in [2.05, 4.69) is 25.7 Å². The minimum absolute atomic E-state index is 0.325. The molecule has 0 aliphatic rings. The topological polar surface area (TPSA) is 91.8 Å². The summed E-state index contributed by atoms with van der Waals surface area (Å²) in [4.78, 5) is 0. The highest BCUT2D eigenvalue weighted by atomic mass is 32.2. The van der Waals surface area contributed by atoms with E-state index in [-0.39, 0.29) is 5.82 Å². The first-order valence-corrected chi connectivity index (χ1v) is 9.39. The van der Waals surface area contributed by atoms with Crippen molar-refractivity contribution in [1.29, 1.82) is 0 Å². The molecule has 4 aromatic rings. The predicted octanol–water partition coefficient (Wildman–Crippen LogP) is 3.62. The Balaban J connectivity index is 1.39. The number of thioether (sulfide) groups is 1. The van der Waals surface area contributed by atoms with Crippen LogP contribution in [0.25, 0.3) is 5.69 Å². The zero-order valence-electron chi connectivity index (χ0n) is 14.8. The van der Waals surface area contributed by atoms with E-state index in [1.165, 1.54) is 23.9 Å². The van der Waals surface area contributed by atoms with Gasteiger partial charge in [0.05, 0.1) is 11.4 Å². The first-order valence-electron chi connectivity index (χ1n) is 8.40. The van der Waals surface area contributed by atoms with Gasteiger partial charge < -0.3 is 9.15 Å². The normalized spacial score (nSPS) is 12.1. The molecule has 0 aliphatic heterocycles. The maximum atomic E-state index is 13.0. The van der Waals surface area contributed by atoms with Gasteiger partial charge in [-0.15, -0.1) is 15.3 Å². The number of halogens is 1. The van der Waals surface area contributed by atoms with Crippen LogP contribution in [0.5, 0.6) is 5.75 Å². The SMILES string of the molecule is C[C@H](Oc1ccc(F)cc1)c1nnc(SCc2nnnn2-c2ccccc2)o1. The van der Waals surface area contributed by atoms with Crippen molar-refractivity contribution >= 4 is 11.8 Å². The quantitative estimate of drug-likeness (QED) is 0.436. The molecule has 2 aromatic carbocycles. The maximum absolute atomic E-state index is 13.0. The van der Waals surface area contributed by atoms with Crippen LogP contribution < -0.4 is 4.74 Å². The number of rotatable bonds is 7. The summed E-state index contributed by atoms with van der Waals surface area (Å²) >= 11 is 1.32. The standard InChI is InChI=1S/C18H15FN6O2S/c1-12(26-15-9-7-13(19)8-10-15)17-21-22-18(27-17)28-11-16-20-23-24-25(16)14-5-3-2-4-6-14/h2-10,12H,11H2,1H3/t12-/m0/s1. The number of hydrogen-bond donors (Lipinski definition) is 0. The fourth-order valence-electron chi connectivity index (χ4n) is 2.40. The molecule has 0 amide bonds. The van der Waals surface area contributed by atoms with Crippen LogP contribution in [-0.2, 0) is 5.75 Å². The second-order valence-corrected chi connectivity index (χ2v) is 6.68. The lowest BCUT2D eigenvalue weighted by Crippen LogP contribution is -2.03. The molecule has 0 radical (unpaired) electrons. The van der Waals surface area contributed by atoms with Gasteiger partial charge in [-0.2, -0.15) is 4.68 Å². The van der Waals surface area contributed by atoms with Crippen molar-refractivity contribution in [3.63, 3.8) is 0 Å². The van der Waals surface area contributed by atoms with Crippen molar-refractivity contribution in [2.24, 2.45) is 0 Å². The lowest BCUT2D eigenvalue weighted by molar-refractivity contribution is 0.181. The molecular weight excluding hydrogens is 383 g/mol. The van der Waals surface area contributed by atoms with Crippen LogP contribution in [0.2, 0.25) is 0 Å². The van der Waals surface area contributed by atoms with E-state index >= 15 is 0 Å². The molecule has 0 unspecified atom stereocenters. The van der Waals surface area contributed by atoms with Gasteiger partial charge >= 0.3 is 0 Å². The van der Waals surface area contributed by atoms with E-state index in [9.17, 15) is 4.39 Å². The summed E-state index contributed by atoms with van der Waals surface area (Å²) < 4.78 is 26.0. The number of nitrogens with zero attached hydrogens (tertiary/aromatic N) is 6. The molecule has 2 aromatic heterocycles. The summed E-state index contributed by atoms with van der Waals surface area (Å²) in [7, 11) is 0. The molecule has 2 heterocycles. The zero-order valence-corrected chi connectivity index (χ0v) is 15.6. The van der Waals surface area contributed by atoms with Crippen LogP contribution in [0.3, 0.4) is 0 Å². The number of benzene rings is 2. The number of ether oxygens (including phenoxy) is 1. The lowest BCUT2D eigenvalue weighted by atomic mass is 10.3. The molecule has 8 nitrogen and oxygen atoms in total. The summed E-state index contributed by atoms with van der Waals surface area (Å²) in [6, 6.07) is 15.3. The van der Waals surface area contributed by atoms with E-state index in [1.54, 1.807) is 23.7 Å². The minimum Gasteiger partial charge on any atom is -0.481 e. The van der Waals surface area contributed by atoms with Gasteiger partial charge in [-0.3, -0.25) is 0 Å². The molecule has 0 saturated heterocycles. The third kappa shape index (κ3) is 4.17. The largest absolute Gasteiger partial charge is 0.481 e. The van der Waals surface area contributed by atoms with Gasteiger partial charge in [0, 0.05) is 0 Å². The van der Waals surface area contributed by atoms with Gasteiger partial charge in [0.2, 0.25) is 0 Å². The Kier molecular flexibility index (Phi) is 5.29. The summed E-state index contributed by atoms with van der Waals surface area (Å²) in [5.74, 6) is 1.63. The maximum Gasteiger partial charge on any atom is 0.277 e.